The molecule has 1 fully saturated rings. The van der Waals surface area contributed by atoms with E-state index in [9.17, 15) is 5.11 Å². The van der Waals surface area contributed by atoms with Crippen molar-refractivity contribution in [1.29, 1.82) is 0 Å². The van der Waals surface area contributed by atoms with Crippen molar-refractivity contribution in [2.24, 2.45) is 5.92 Å². The molecular formula is C16H26N2O2. The number of hydrogen-bond donors (Lipinski definition) is 2. The van der Waals surface area contributed by atoms with Gasteiger partial charge in [0.25, 0.3) is 0 Å². The number of ether oxygens (including phenoxy) is 1. The fourth-order valence-corrected chi connectivity index (χ4v) is 2.60. The fourth-order valence-electron chi connectivity index (χ4n) is 2.60. The summed E-state index contributed by atoms with van der Waals surface area (Å²) < 4.78 is 5.04. The van der Waals surface area contributed by atoms with Gasteiger partial charge in [0.15, 0.2) is 11.5 Å². The van der Waals surface area contributed by atoms with Crippen LogP contribution in [0.4, 0.5) is 0 Å². The number of hydrogen-bond acceptors (Lipinski definition) is 4. The van der Waals surface area contributed by atoms with Gasteiger partial charge in [-0.05, 0) is 49.5 Å². The minimum Gasteiger partial charge on any atom is -0.504 e. The Labute approximate surface area is 121 Å². The number of rotatable bonds is 6. The maximum Gasteiger partial charge on any atom is 0.160 e. The summed E-state index contributed by atoms with van der Waals surface area (Å²) in [6.45, 7) is 7.67. The second-order valence-electron chi connectivity index (χ2n) is 5.71. The third kappa shape index (κ3) is 4.39. The number of nitrogens with one attached hydrogen (secondary N) is 1. The lowest BCUT2D eigenvalue weighted by molar-refractivity contribution is 0.193. The van der Waals surface area contributed by atoms with Gasteiger partial charge in [0.2, 0.25) is 0 Å². The molecule has 0 radical (unpaired) electrons. The molecule has 0 atom stereocenters. The third-order valence-corrected chi connectivity index (χ3v) is 4.05. The van der Waals surface area contributed by atoms with E-state index in [2.05, 4.69) is 17.1 Å². The van der Waals surface area contributed by atoms with Crippen LogP contribution in [0.15, 0.2) is 18.2 Å². The van der Waals surface area contributed by atoms with Crippen LogP contribution in [0, 0.1) is 5.92 Å². The monoisotopic (exact) mass is 278 g/mol. The molecule has 4 heteroatoms. The minimum atomic E-state index is 0.205. The van der Waals surface area contributed by atoms with E-state index >= 15 is 0 Å². The maximum absolute atomic E-state index is 9.72. The van der Waals surface area contributed by atoms with Crippen LogP contribution in [0.3, 0.4) is 0 Å². The Hall–Kier alpha value is -1.26. The Morgan fingerprint density at radius 1 is 1.35 bits per heavy atom. The molecule has 1 saturated heterocycles. The number of aromatic hydroxyl groups is 1. The van der Waals surface area contributed by atoms with E-state index in [0.29, 0.717) is 5.75 Å². The first kappa shape index (κ1) is 15.1. The molecule has 2 rings (SSSR count). The summed E-state index contributed by atoms with van der Waals surface area (Å²) in [5, 5.41) is 13.1. The van der Waals surface area contributed by atoms with Crippen LogP contribution < -0.4 is 10.1 Å². The predicted octanol–water partition coefficient (Wildman–Crippen LogP) is 2.22. The van der Waals surface area contributed by atoms with Crippen molar-refractivity contribution in [2.45, 2.75) is 26.3 Å². The van der Waals surface area contributed by atoms with Gasteiger partial charge in [-0.2, -0.15) is 0 Å². The van der Waals surface area contributed by atoms with Crippen LogP contribution in [-0.2, 0) is 6.54 Å². The van der Waals surface area contributed by atoms with E-state index < -0.39 is 0 Å². The zero-order valence-corrected chi connectivity index (χ0v) is 12.6. The number of nitrogens with zero attached hydrogens (tertiary/aromatic N) is 1. The Morgan fingerprint density at radius 3 is 2.75 bits per heavy atom. The standard InChI is InChI=1S/C16H26N2O2/c1-13-5-8-18(9-6-13)10-7-17-12-14-3-4-16(20-2)15(19)11-14/h3-4,11,13,17,19H,5-10,12H2,1-2H3. The summed E-state index contributed by atoms with van der Waals surface area (Å²) in [6, 6.07) is 5.54. The summed E-state index contributed by atoms with van der Waals surface area (Å²) in [7, 11) is 1.56. The summed E-state index contributed by atoms with van der Waals surface area (Å²) in [5.74, 6) is 1.62. The van der Waals surface area contributed by atoms with Crippen molar-refractivity contribution in [3.63, 3.8) is 0 Å². The summed E-state index contributed by atoms with van der Waals surface area (Å²) in [4.78, 5) is 2.53. The first-order valence-corrected chi connectivity index (χ1v) is 7.48. The van der Waals surface area contributed by atoms with E-state index in [1.807, 2.05) is 6.07 Å². The molecule has 0 aromatic heterocycles. The lowest BCUT2D eigenvalue weighted by atomic mass is 9.99. The van der Waals surface area contributed by atoms with E-state index in [1.54, 1.807) is 19.2 Å². The molecule has 0 spiro atoms. The van der Waals surface area contributed by atoms with Crippen LogP contribution in [0.1, 0.15) is 25.3 Å². The van der Waals surface area contributed by atoms with Crippen LogP contribution in [0.5, 0.6) is 11.5 Å². The molecule has 1 aliphatic heterocycles. The van der Waals surface area contributed by atoms with Crippen molar-refractivity contribution in [3.05, 3.63) is 23.8 Å². The van der Waals surface area contributed by atoms with Gasteiger partial charge in [-0.15, -0.1) is 0 Å². The van der Waals surface area contributed by atoms with Gasteiger partial charge >= 0.3 is 0 Å². The van der Waals surface area contributed by atoms with E-state index in [-0.39, 0.29) is 5.75 Å². The average Bonchev–Trinajstić information content (AvgIpc) is 2.46. The predicted molar refractivity (Wildman–Crippen MR) is 81.2 cm³/mol. The highest BCUT2D eigenvalue weighted by Gasteiger charge is 2.14. The zero-order valence-electron chi connectivity index (χ0n) is 12.6. The van der Waals surface area contributed by atoms with Crippen LogP contribution in [0.25, 0.3) is 0 Å². The first-order chi connectivity index (χ1) is 9.69. The highest BCUT2D eigenvalue weighted by Crippen LogP contribution is 2.26. The molecule has 0 amide bonds. The average molecular weight is 278 g/mol. The highest BCUT2D eigenvalue weighted by molar-refractivity contribution is 5.41. The van der Waals surface area contributed by atoms with Crippen LogP contribution in [-0.4, -0.2) is 43.3 Å². The van der Waals surface area contributed by atoms with Crippen LogP contribution >= 0.6 is 0 Å². The second-order valence-corrected chi connectivity index (χ2v) is 5.71. The number of phenolic OH excluding ortho intramolecular Hbond substituents is 1. The van der Waals surface area contributed by atoms with Gasteiger partial charge in [0, 0.05) is 19.6 Å². The minimum absolute atomic E-state index is 0.205. The Bertz CT molecular complexity index is 415. The van der Waals surface area contributed by atoms with Gasteiger partial charge in [-0.3, -0.25) is 0 Å². The molecule has 1 aromatic carbocycles. The van der Waals surface area contributed by atoms with E-state index in [1.165, 1.54) is 25.9 Å². The Kier molecular flexibility index (Phi) is 5.68. The normalized spacial score (nSPS) is 17.3. The number of piperidine rings is 1. The molecule has 4 nitrogen and oxygen atoms in total. The zero-order chi connectivity index (χ0) is 14.4. The van der Waals surface area contributed by atoms with Gasteiger partial charge in [-0.25, -0.2) is 0 Å². The molecule has 0 unspecified atom stereocenters. The molecule has 112 valence electrons. The lowest BCUT2D eigenvalue weighted by Gasteiger charge is -2.30. The number of methoxy groups -OCH3 is 1. The molecule has 1 heterocycles. The summed E-state index contributed by atoms with van der Waals surface area (Å²) in [5.41, 5.74) is 1.08. The van der Waals surface area contributed by atoms with Gasteiger partial charge in [0.1, 0.15) is 0 Å². The molecule has 1 aliphatic rings. The highest BCUT2D eigenvalue weighted by atomic mass is 16.5. The lowest BCUT2D eigenvalue weighted by Crippen LogP contribution is -2.37. The number of benzene rings is 1. The summed E-state index contributed by atoms with van der Waals surface area (Å²) >= 11 is 0. The summed E-state index contributed by atoms with van der Waals surface area (Å²) in [6.07, 6.45) is 2.65. The van der Waals surface area contributed by atoms with E-state index in [4.69, 9.17) is 4.74 Å². The number of likely N-dealkylation sites (tertiary alicyclic amines) is 1. The van der Waals surface area contributed by atoms with Gasteiger partial charge in [-0.1, -0.05) is 13.0 Å². The third-order valence-electron chi connectivity index (χ3n) is 4.05. The molecule has 0 saturated carbocycles. The molecular weight excluding hydrogens is 252 g/mol. The second kappa shape index (κ2) is 7.50. The first-order valence-electron chi connectivity index (χ1n) is 7.48. The smallest absolute Gasteiger partial charge is 0.160 e. The molecule has 2 N–H and O–H groups in total. The molecule has 1 aromatic rings. The van der Waals surface area contributed by atoms with Crippen LogP contribution in [0.2, 0.25) is 0 Å². The van der Waals surface area contributed by atoms with Crippen molar-refractivity contribution in [2.75, 3.05) is 33.3 Å². The Morgan fingerprint density at radius 2 is 2.10 bits per heavy atom. The Balaban J connectivity index is 1.67. The fraction of sp³-hybridized carbons (Fsp3) is 0.625. The maximum atomic E-state index is 9.72. The molecule has 0 bridgehead atoms. The van der Waals surface area contributed by atoms with Crippen molar-refractivity contribution >= 4 is 0 Å². The number of phenols is 1. The largest absolute Gasteiger partial charge is 0.504 e. The van der Waals surface area contributed by atoms with Crippen molar-refractivity contribution in [3.8, 4) is 11.5 Å². The SMILES string of the molecule is COc1ccc(CNCCN2CCC(C)CC2)cc1O. The quantitative estimate of drug-likeness (QED) is 0.783. The van der Waals surface area contributed by atoms with E-state index in [0.717, 1.165) is 31.1 Å². The van der Waals surface area contributed by atoms with Gasteiger partial charge < -0.3 is 20.1 Å². The van der Waals surface area contributed by atoms with Crippen molar-refractivity contribution < 1.29 is 9.84 Å². The molecule has 0 aliphatic carbocycles. The topological polar surface area (TPSA) is 44.7 Å². The van der Waals surface area contributed by atoms with Crippen molar-refractivity contribution in [1.82, 2.24) is 10.2 Å². The molecule has 20 heavy (non-hydrogen) atoms. The van der Waals surface area contributed by atoms with Gasteiger partial charge in [0.05, 0.1) is 7.11 Å².